The predicted molar refractivity (Wildman–Crippen MR) is 82.3 cm³/mol. The highest BCUT2D eigenvalue weighted by Gasteiger charge is 2.24. The second kappa shape index (κ2) is 5.17. The number of nitrogens with zero attached hydrogens (tertiary/aromatic N) is 2. The lowest BCUT2D eigenvalue weighted by molar-refractivity contribution is -0.682. The van der Waals surface area contributed by atoms with E-state index >= 15 is 0 Å². The molecule has 1 aromatic carbocycles. The van der Waals surface area contributed by atoms with Gasteiger partial charge in [0.2, 0.25) is 5.69 Å². The van der Waals surface area contributed by atoms with Gasteiger partial charge in [-0.05, 0) is 24.6 Å². The summed E-state index contributed by atoms with van der Waals surface area (Å²) in [5.41, 5.74) is 5.07. The summed E-state index contributed by atoms with van der Waals surface area (Å²) in [6.07, 6.45) is 2.10. The fourth-order valence-electron chi connectivity index (χ4n) is 2.51. The summed E-state index contributed by atoms with van der Waals surface area (Å²) in [5, 5.41) is 3.39. The molecule has 3 aromatic rings. The van der Waals surface area contributed by atoms with E-state index in [9.17, 15) is 0 Å². The fraction of sp³-hybridized carbons (Fsp3) is 0.176. The summed E-state index contributed by atoms with van der Waals surface area (Å²) in [5.74, 6) is 0. The molecule has 2 aromatic heterocycles. The van der Waals surface area contributed by atoms with E-state index in [2.05, 4.69) is 84.2 Å². The van der Waals surface area contributed by atoms with Gasteiger partial charge in [0.1, 0.15) is 14.1 Å². The van der Waals surface area contributed by atoms with Gasteiger partial charge in [0.05, 0.1) is 5.38 Å². The molecule has 0 unspecified atom stereocenters. The zero-order valence-electron chi connectivity index (χ0n) is 12.0. The van der Waals surface area contributed by atoms with E-state index in [-0.39, 0.29) is 0 Å². The van der Waals surface area contributed by atoms with Crippen molar-refractivity contribution in [1.82, 2.24) is 0 Å². The number of rotatable bonds is 2. The first-order valence-corrected chi connectivity index (χ1v) is 7.55. The summed E-state index contributed by atoms with van der Waals surface area (Å²) >= 11 is 1.77. The second-order valence-electron chi connectivity index (χ2n) is 4.99. The molecule has 2 nitrogen and oxygen atoms in total. The number of benzene rings is 1. The smallest absolute Gasteiger partial charge is 0.188 e. The minimum Gasteiger partial charge on any atom is -0.188 e. The maximum atomic E-state index is 2.27. The Bertz CT molecular complexity index is 759. The Labute approximate surface area is 123 Å². The van der Waals surface area contributed by atoms with Gasteiger partial charge < -0.3 is 0 Å². The van der Waals surface area contributed by atoms with Gasteiger partial charge in [0, 0.05) is 17.7 Å². The van der Waals surface area contributed by atoms with Crippen LogP contribution in [-0.2, 0) is 14.1 Å². The minimum absolute atomic E-state index is 1.24. The molecule has 2 heterocycles. The minimum atomic E-state index is 1.24. The molecule has 0 bridgehead atoms. The Morgan fingerprint density at radius 3 is 2.35 bits per heavy atom. The van der Waals surface area contributed by atoms with Gasteiger partial charge in [-0.25, -0.2) is 0 Å². The summed E-state index contributed by atoms with van der Waals surface area (Å²) in [7, 11) is 4.23. The van der Waals surface area contributed by atoms with E-state index in [4.69, 9.17) is 0 Å². The largest absolute Gasteiger partial charge is 0.334 e. The third-order valence-electron chi connectivity index (χ3n) is 3.66. The van der Waals surface area contributed by atoms with E-state index in [1.54, 1.807) is 11.3 Å². The van der Waals surface area contributed by atoms with Crippen LogP contribution in [0.1, 0.15) is 5.56 Å². The molecule has 0 spiro atoms. The van der Waals surface area contributed by atoms with Crippen molar-refractivity contribution in [3.05, 3.63) is 59.6 Å². The maximum absolute atomic E-state index is 2.27. The van der Waals surface area contributed by atoms with Gasteiger partial charge in [0.15, 0.2) is 6.20 Å². The van der Waals surface area contributed by atoms with E-state index in [1.165, 1.54) is 27.5 Å². The molecule has 0 aliphatic heterocycles. The Morgan fingerprint density at radius 2 is 1.65 bits per heavy atom. The number of aryl methyl sites for hydroxylation is 2. The molecule has 0 fully saturated rings. The molecule has 0 aliphatic rings. The van der Waals surface area contributed by atoms with Crippen molar-refractivity contribution in [3.63, 3.8) is 0 Å². The predicted octanol–water partition coefficient (Wildman–Crippen LogP) is 3.04. The lowest BCUT2D eigenvalue weighted by Crippen LogP contribution is -2.38. The third-order valence-corrected chi connectivity index (χ3v) is 4.63. The van der Waals surface area contributed by atoms with E-state index in [1.807, 2.05) is 0 Å². The number of pyridine rings is 1. The van der Waals surface area contributed by atoms with Crippen LogP contribution in [0, 0.1) is 6.92 Å². The van der Waals surface area contributed by atoms with Crippen molar-refractivity contribution in [2.75, 3.05) is 0 Å². The van der Waals surface area contributed by atoms with Crippen LogP contribution in [0.15, 0.2) is 54.0 Å². The summed E-state index contributed by atoms with van der Waals surface area (Å²) in [6.45, 7) is 2.16. The molecule has 0 saturated carbocycles. The maximum Gasteiger partial charge on any atom is 0.334 e. The highest BCUT2D eigenvalue weighted by molar-refractivity contribution is 7.12. The zero-order chi connectivity index (χ0) is 14.1. The van der Waals surface area contributed by atoms with Gasteiger partial charge in [-0.2, -0.15) is 9.13 Å². The number of aromatic nitrogens is 2. The van der Waals surface area contributed by atoms with Crippen molar-refractivity contribution in [3.8, 4) is 22.0 Å². The van der Waals surface area contributed by atoms with Crippen molar-refractivity contribution < 1.29 is 9.13 Å². The molecular weight excluding hydrogens is 264 g/mol. The van der Waals surface area contributed by atoms with Crippen LogP contribution in [0.4, 0.5) is 0 Å². The van der Waals surface area contributed by atoms with Crippen molar-refractivity contribution in [1.29, 1.82) is 0 Å². The van der Waals surface area contributed by atoms with E-state index in [0.29, 0.717) is 0 Å². The Morgan fingerprint density at radius 1 is 0.900 bits per heavy atom. The van der Waals surface area contributed by atoms with E-state index < -0.39 is 0 Å². The van der Waals surface area contributed by atoms with Crippen LogP contribution in [0.2, 0.25) is 0 Å². The molecule has 0 radical (unpaired) electrons. The monoisotopic (exact) mass is 282 g/mol. The van der Waals surface area contributed by atoms with Crippen molar-refractivity contribution in [2.45, 2.75) is 6.92 Å². The molecule has 0 aliphatic carbocycles. The van der Waals surface area contributed by atoms with Crippen LogP contribution in [0.25, 0.3) is 22.0 Å². The average molecular weight is 282 g/mol. The summed E-state index contributed by atoms with van der Waals surface area (Å²) < 4.78 is 4.44. The second-order valence-corrected chi connectivity index (χ2v) is 5.88. The Hall–Kier alpha value is -2.00. The lowest BCUT2D eigenvalue weighted by Gasteiger charge is -2.05. The quantitative estimate of drug-likeness (QED) is 0.638. The van der Waals surface area contributed by atoms with Gasteiger partial charge in [-0.1, -0.05) is 29.5 Å². The average Bonchev–Trinajstić information content (AvgIpc) is 2.86. The van der Waals surface area contributed by atoms with Crippen LogP contribution in [-0.4, -0.2) is 0 Å². The molecule has 100 valence electrons. The number of hydrogen-bond acceptors (Lipinski definition) is 1. The molecule has 0 saturated heterocycles. The highest BCUT2D eigenvalue weighted by Crippen LogP contribution is 2.23. The highest BCUT2D eigenvalue weighted by atomic mass is 32.1. The van der Waals surface area contributed by atoms with Gasteiger partial charge >= 0.3 is 5.01 Å². The Balaban J connectivity index is 2.21. The topological polar surface area (TPSA) is 7.76 Å². The zero-order valence-corrected chi connectivity index (χ0v) is 12.8. The van der Waals surface area contributed by atoms with Gasteiger partial charge in [-0.15, -0.1) is 0 Å². The molecule has 3 rings (SSSR count). The first-order valence-electron chi connectivity index (χ1n) is 6.67. The van der Waals surface area contributed by atoms with Crippen LogP contribution in [0.5, 0.6) is 0 Å². The molecule has 0 amide bonds. The number of hydrogen-bond donors (Lipinski definition) is 0. The number of thiazole rings is 1. The normalized spacial score (nSPS) is 10.8. The van der Waals surface area contributed by atoms with Gasteiger partial charge in [-0.3, -0.25) is 0 Å². The summed E-state index contributed by atoms with van der Waals surface area (Å²) in [6, 6.07) is 15.0. The fourth-order valence-corrected chi connectivity index (χ4v) is 3.43. The third kappa shape index (κ3) is 2.14. The Kier molecular flexibility index (Phi) is 3.36. The van der Waals surface area contributed by atoms with Crippen LogP contribution < -0.4 is 9.13 Å². The van der Waals surface area contributed by atoms with E-state index in [0.717, 1.165) is 0 Å². The van der Waals surface area contributed by atoms with Crippen molar-refractivity contribution >= 4 is 11.3 Å². The molecule has 0 N–H and O–H groups in total. The first-order chi connectivity index (χ1) is 9.68. The SMILES string of the molecule is Cc1ccccc1-c1cccc(-c2scc[n+]2C)[n+]1C. The van der Waals surface area contributed by atoms with Crippen LogP contribution >= 0.6 is 11.3 Å². The molecular formula is C17H18N2S+2. The standard InChI is InChI=1S/C17H18N2S/c1-13-7-4-5-8-14(13)15-9-6-10-16(19(15)3)17-18(2)11-12-20-17/h4-12H,1-3H3/q+2. The van der Waals surface area contributed by atoms with Gasteiger partial charge in [0.25, 0.3) is 5.69 Å². The lowest BCUT2D eigenvalue weighted by atomic mass is 10.0. The molecule has 3 heteroatoms. The molecule has 20 heavy (non-hydrogen) atoms. The summed E-state index contributed by atoms with van der Waals surface area (Å²) in [4.78, 5) is 0. The van der Waals surface area contributed by atoms with Crippen LogP contribution in [0.3, 0.4) is 0 Å². The first kappa shape index (κ1) is 13.0. The van der Waals surface area contributed by atoms with Crippen molar-refractivity contribution in [2.24, 2.45) is 14.1 Å². The molecule has 0 atom stereocenters.